The van der Waals surface area contributed by atoms with Crippen LogP contribution < -0.4 is 5.73 Å². The predicted octanol–water partition coefficient (Wildman–Crippen LogP) is 0.000700. The molecule has 2 aromatic rings. The van der Waals surface area contributed by atoms with Crippen molar-refractivity contribution in [3.63, 3.8) is 0 Å². The van der Waals surface area contributed by atoms with E-state index < -0.39 is 0 Å². The van der Waals surface area contributed by atoms with E-state index >= 15 is 0 Å². The molecule has 2 aromatic heterocycles. The molecule has 0 spiro atoms. The SMILES string of the molecule is Cn1ccc(CC(=O)c2cn(CCN)cn2)n1. The van der Waals surface area contributed by atoms with Gasteiger partial charge in [-0.25, -0.2) is 4.98 Å². The number of rotatable bonds is 5. The van der Waals surface area contributed by atoms with Crippen molar-refractivity contribution < 1.29 is 4.79 Å². The molecule has 0 aliphatic carbocycles. The maximum Gasteiger partial charge on any atom is 0.188 e. The first-order valence-electron chi connectivity index (χ1n) is 5.42. The summed E-state index contributed by atoms with van der Waals surface area (Å²) in [7, 11) is 1.82. The van der Waals surface area contributed by atoms with Crippen LogP contribution in [0.25, 0.3) is 0 Å². The van der Waals surface area contributed by atoms with Crippen LogP contribution in [0, 0.1) is 0 Å². The molecule has 0 radical (unpaired) electrons. The van der Waals surface area contributed by atoms with Gasteiger partial charge in [0, 0.05) is 32.5 Å². The number of aryl methyl sites for hydroxylation is 1. The molecular formula is C11H15N5O. The van der Waals surface area contributed by atoms with Crippen LogP contribution in [0.1, 0.15) is 16.2 Å². The second kappa shape index (κ2) is 4.92. The minimum absolute atomic E-state index is 0.0283. The summed E-state index contributed by atoms with van der Waals surface area (Å²) in [4.78, 5) is 15.9. The second-order valence-corrected chi connectivity index (χ2v) is 3.87. The van der Waals surface area contributed by atoms with Crippen molar-refractivity contribution in [1.29, 1.82) is 0 Å². The molecule has 6 nitrogen and oxygen atoms in total. The van der Waals surface area contributed by atoms with Crippen LogP contribution in [0.2, 0.25) is 0 Å². The topological polar surface area (TPSA) is 78.7 Å². The fourth-order valence-electron chi connectivity index (χ4n) is 1.59. The zero-order valence-electron chi connectivity index (χ0n) is 9.71. The summed E-state index contributed by atoms with van der Waals surface area (Å²) in [5.41, 5.74) is 6.64. The zero-order valence-corrected chi connectivity index (χ0v) is 9.71. The van der Waals surface area contributed by atoms with Gasteiger partial charge < -0.3 is 10.3 Å². The first kappa shape index (κ1) is 11.5. The smallest absolute Gasteiger partial charge is 0.188 e. The molecule has 0 aromatic carbocycles. The summed E-state index contributed by atoms with van der Waals surface area (Å²) in [5, 5.41) is 4.16. The van der Waals surface area contributed by atoms with Gasteiger partial charge in [0.05, 0.1) is 18.4 Å². The number of ketones is 1. The molecule has 0 unspecified atom stereocenters. The van der Waals surface area contributed by atoms with E-state index in [2.05, 4.69) is 10.1 Å². The molecule has 17 heavy (non-hydrogen) atoms. The molecule has 0 saturated heterocycles. The van der Waals surface area contributed by atoms with E-state index in [0.29, 0.717) is 18.8 Å². The normalized spacial score (nSPS) is 10.7. The average Bonchev–Trinajstić information content (AvgIpc) is 2.88. The molecule has 6 heteroatoms. The van der Waals surface area contributed by atoms with Gasteiger partial charge in [0.15, 0.2) is 5.78 Å². The Morgan fingerprint density at radius 2 is 2.35 bits per heavy atom. The Balaban J connectivity index is 2.03. The third-order valence-corrected chi connectivity index (χ3v) is 2.42. The van der Waals surface area contributed by atoms with Crippen LogP contribution in [0.4, 0.5) is 0 Å². The van der Waals surface area contributed by atoms with Crippen molar-refractivity contribution >= 4 is 5.78 Å². The highest BCUT2D eigenvalue weighted by molar-refractivity contribution is 5.95. The molecule has 0 atom stereocenters. The monoisotopic (exact) mass is 233 g/mol. The maximum absolute atomic E-state index is 11.9. The minimum Gasteiger partial charge on any atom is -0.335 e. The molecule has 2 rings (SSSR count). The number of Topliss-reactive ketones (excluding diaryl/α,β-unsaturated/α-hetero) is 1. The summed E-state index contributed by atoms with van der Waals surface area (Å²) in [6.45, 7) is 1.20. The maximum atomic E-state index is 11.9. The highest BCUT2D eigenvalue weighted by atomic mass is 16.1. The van der Waals surface area contributed by atoms with Gasteiger partial charge in [-0.2, -0.15) is 5.10 Å². The van der Waals surface area contributed by atoms with Gasteiger partial charge in [0.25, 0.3) is 0 Å². The Labute approximate surface area is 99.1 Å². The van der Waals surface area contributed by atoms with Gasteiger partial charge >= 0.3 is 0 Å². The van der Waals surface area contributed by atoms with Gasteiger partial charge in [0.2, 0.25) is 0 Å². The second-order valence-electron chi connectivity index (χ2n) is 3.87. The third kappa shape index (κ3) is 2.79. The number of nitrogens with two attached hydrogens (primary N) is 1. The summed E-state index contributed by atoms with van der Waals surface area (Å²) in [6, 6.07) is 1.83. The number of carbonyl (C=O) groups is 1. The fraction of sp³-hybridized carbons (Fsp3) is 0.364. The summed E-state index contributed by atoms with van der Waals surface area (Å²) < 4.78 is 3.49. The average molecular weight is 233 g/mol. The molecule has 0 fully saturated rings. The first-order chi connectivity index (χ1) is 8.19. The highest BCUT2D eigenvalue weighted by Crippen LogP contribution is 2.04. The van der Waals surface area contributed by atoms with Crippen LogP contribution in [-0.4, -0.2) is 31.7 Å². The number of carbonyl (C=O) groups excluding carboxylic acids is 1. The molecule has 0 aliphatic rings. The lowest BCUT2D eigenvalue weighted by Crippen LogP contribution is -2.08. The number of hydrogen-bond donors (Lipinski definition) is 1. The zero-order chi connectivity index (χ0) is 12.3. The molecule has 0 bridgehead atoms. The van der Waals surface area contributed by atoms with Crippen molar-refractivity contribution in [1.82, 2.24) is 19.3 Å². The summed E-state index contributed by atoms with van der Waals surface area (Å²) in [6.07, 6.45) is 5.44. The molecular weight excluding hydrogens is 218 g/mol. The van der Waals surface area contributed by atoms with Crippen molar-refractivity contribution in [2.75, 3.05) is 6.54 Å². The van der Waals surface area contributed by atoms with E-state index in [1.165, 1.54) is 0 Å². The first-order valence-corrected chi connectivity index (χ1v) is 5.42. The van der Waals surface area contributed by atoms with Crippen LogP contribution in [-0.2, 0) is 20.0 Å². The van der Waals surface area contributed by atoms with Gasteiger partial charge in [-0.1, -0.05) is 0 Å². The fourth-order valence-corrected chi connectivity index (χ4v) is 1.59. The Bertz CT molecular complexity index is 513. The van der Waals surface area contributed by atoms with Crippen molar-refractivity contribution in [2.45, 2.75) is 13.0 Å². The molecule has 2 heterocycles. The van der Waals surface area contributed by atoms with E-state index in [4.69, 9.17) is 5.73 Å². The Morgan fingerprint density at radius 3 is 3.00 bits per heavy atom. The van der Waals surface area contributed by atoms with E-state index in [1.54, 1.807) is 17.2 Å². The predicted molar refractivity (Wildman–Crippen MR) is 62.5 cm³/mol. The summed E-state index contributed by atoms with van der Waals surface area (Å²) in [5.74, 6) is -0.0283. The number of hydrogen-bond acceptors (Lipinski definition) is 4. The van der Waals surface area contributed by atoms with Crippen molar-refractivity contribution in [3.05, 3.63) is 36.2 Å². The minimum atomic E-state index is -0.0283. The standard InChI is InChI=1S/C11H15N5O/c1-15-4-2-9(14-15)6-11(17)10-7-16(5-3-12)8-13-10/h2,4,7-8H,3,5-6,12H2,1H3. The molecule has 0 amide bonds. The molecule has 0 aliphatic heterocycles. The highest BCUT2D eigenvalue weighted by Gasteiger charge is 2.11. The molecule has 2 N–H and O–H groups in total. The molecule has 90 valence electrons. The van der Waals surface area contributed by atoms with Crippen LogP contribution in [0.5, 0.6) is 0 Å². The van der Waals surface area contributed by atoms with Gasteiger partial charge in [-0.15, -0.1) is 0 Å². The van der Waals surface area contributed by atoms with Gasteiger partial charge in [-0.3, -0.25) is 9.48 Å². The lowest BCUT2D eigenvalue weighted by molar-refractivity contribution is 0.0987. The number of aromatic nitrogens is 4. The molecule has 0 saturated carbocycles. The Kier molecular flexibility index (Phi) is 3.34. The number of imidazole rings is 1. The quantitative estimate of drug-likeness (QED) is 0.737. The van der Waals surface area contributed by atoms with E-state index in [0.717, 1.165) is 5.69 Å². The number of nitrogens with zero attached hydrogens (tertiary/aromatic N) is 4. The largest absolute Gasteiger partial charge is 0.335 e. The van der Waals surface area contributed by atoms with E-state index in [9.17, 15) is 4.79 Å². The summed E-state index contributed by atoms with van der Waals surface area (Å²) >= 11 is 0. The van der Waals surface area contributed by atoms with E-state index in [1.807, 2.05) is 23.9 Å². The van der Waals surface area contributed by atoms with Crippen molar-refractivity contribution in [3.8, 4) is 0 Å². The van der Waals surface area contributed by atoms with Gasteiger partial charge in [-0.05, 0) is 6.07 Å². The third-order valence-electron chi connectivity index (χ3n) is 2.42. The Hall–Kier alpha value is -1.95. The van der Waals surface area contributed by atoms with Crippen LogP contribution in [0.3, 0.4) is 0 Å². The van der Waals surface area contributed by atoms with E-state index in [-0.39, 0.29) is 12.2 Å². The van der Waals surface area contributed by atoms with Gasteiger partial charge in [0.1, 0.15) is 5.69 Å². The Morgan fingerprint density at radius 1 is 1.53 bits per heavy atom. The van der Waals surface area contributed by atoms with Crippen molar-refractivity contribution in [2.24, 2.45) is 12.8 Å². The lowest BCUT2D eigenvalue weighted by atomic mass is 10.2. The van der Waals surface area contributed by atoms with Crippen LogP contribution >= 0.6 is 0 Å². The lowest BCUT2D eigenvalue weighted by Gasteiger charge is -1.96. The van der Waals surface area contributed by atoms with Crippen LogP contribution in [0.15, 0.2) is 24.8 Å².